The van der Waals surface area contributed by atoms with Crippen LogP contribution in [0.25, 0.3) is 0 Å². The third-order valence-electron chi connectivity index (χ3n) is 4.35. The molecular formula is C15H17NO3. The lowest BCUT2D eigenvalue weighted by molar-refractivity contribution is -0.151. The third-order valence-corrected chi connectivity index (χ3v) is 4.35. The standard InChI is InChI=1S/C15H17NO3/c17-13-9-11-6-7-16(14(13)15(18)19)12(11)8-10-4-2-1-3-5-10/h1-5,11-12,14H,6-9H2,(H,18,19)/t11-,12?,14?/m0/s1. The molecule has 0 spiro atoms. The molecular weight excluding hydrogens is 242 g/mol. The zero-order valence-corrected chi connectivity index (χ0v) is 10.7. The van der Waals surface area contributed by atoms with Gasteiger partial charge in [0, 0.05) is 19.0 Å². The Morgan fingerprint density at radius 3 is 2.74 bits per heavy atom. The molecule has 3 unspecified atom stereocenters. The molecule has 2 saturated heterocycles. The summed E-state index contributed by atoms with van der Waals surface area (Å²) >= 11 is 0. The van der Waals surface area contributed by atoms with E-state index in [0.29, 0.717) is 12.3 Å². The molecule has 1 aromatic carbocycles. The van der Waals surface area contributed by atoms with Crippen molar-refractivity contribution in [2.45, 2.75) is 31.3 Å². The van der Waals surface area contributed by atoms with Gasteiger partial charge in [0.05, 0.1) is 0 Å². The van der Waals surface area contributed by atoms with Crippen molar-refractivity contribution in [1.29, 1.82) is 0 Å². The number of benzene rings is 1. The van der Waals surface area contributed by atoms with Crippen molar-refractivity contribution in [3.8, 4) is 0 Å². The Morgan fingerprint density at radius 2 is 2.05 bits per heavy atom. The average molecular weight is 259 g/mol. The Hall–Kier alpha value is -1.68. The molecule has 2 aliphatic rings. The Morgan fingerprint density at radius 1 is 1.32 bits per heavy atom. The summed E-state index contributed by atoms with van der Waals surface area (Å²) in [4.78, 5) is 25.1. The molecule has 19 heavy (non-hydrogen) atoms. The number of aliphatic carboxylic acids is 1. The Balaban J connectivity index is 1.83. The van der Waals surface area contributed by atoms with Gasteiger partial charge >= 0.3 is 5.97 Å². The van der Waals surface area contributed by atoms with Gasteiger partial charge in [-0.25, -0.2) is 0 Å². The average Bonchev–Trinajstić information content (AvgIpc) is 2.66. The monoisotopic (exact) mass is 259 g/mol. The number of carbonyl (C=O) groups excluding carboxylic acids is 1. The summed E-state index contributed by atoms with van der Waals surface area (Å²) in [6.45, 7) is 0.727. The van der Waals surface area contributed by atoms with Crippen molar-refractivity contribution in [2.24, 2.45) is 5.92 Å². The highest BCUT2D eigenvalue weighted by atomic mass is 16.4. The van der Waals surface area contributed by atoms with E-state index < -0.39 is 12.0 Å². The van der Waals surface area contributed by atoms with E-state index in [1.807, 2.05) is 23.1 Å². The van der Waals surface area contributed by atoms with E-state index in [0.717, 1.165) is 19.4 Å². The van der Waals surface area contributed by atoms with E-state index in [2.05, 4.69) is 12.1 Å². The Bertz CT molecular complexity index is 499. The van der Waals surface area contributed by atoms with Crippen molar-refractivity contribution < 1.29 is 14.7 Å². The first-order valence-corrected chi connectivity index (χ1v) is 6.72. The van der Waals surface area contributed by atoms with Crippen LogP contribution in [0.15, 0.2) is 30.3 Å². The number of piperidine rings is 1. The predicted octanol–water partition coefficient (Wildman–Crippen LogP) is 1.35. The lowest BCUT2D eigenvalue weighted by atomic mass is 9.84. The number of hydrogen-bond acceptors (Lipinski definition) is 3. The van der Waals surface area contributed by atoms with Crippen molar-refractivity contribution in [3.05, 3.63) is 35.9 Å². The van der Waals surface area contributed by atoms with Crippen LogP contribution in [0.5, 0.6) is 0 Å². The minimum atomic E-state index is -0.997. The molecule has 1 aromatic rings. The summed E-state index contributed by atoms with van der Waals surface area (Å²) in [6, 6.07) is 9.36. The zero-order chi connectivity index (χ0) is 13.4. The van der Waals surface area contributed by atoms with Gasteiger partial charge in [-0.3, -0.25) is 14.5 Å². The lowest BCUT2D eigenvalue weighted by Crippen LogP contribution is -2.54. The van der Waals surface area contributed by atoms with Crippen molar-refractivity contribution in [2.75, 3.05) is 6.54 Å². The summed E-state index contributed by atoms with van der Waals surface area (Å²) in [6.07, 6.45) is 2.19. The van der Waals surface area contributed by atoms with E-state index in [1.165, 1.54) is 5.56 Å². The van der Waals surface area contributed by atoms with Crippen LogP contribution in [0.1, 0.15) is 18.4 Å². The molecule has 3 rings (SSSR count). The molecule has 0 radical (unpaired) electrons. The lowest BCUT2D eigenvalue weighted by Gasteiger charge is -2.36. The molecule has 4 heteroatoms. The number of fused-ring (bicyclic) bond motifs is 2. The van der Waals surface area contributed by atoms with Gasteiger partial charge < -0.3 is 5.11 Å². The summed E-state index contributed by atoms with van der Waals surface area (Å²) < 4.78 is 0. The van der Waals surface area contributed by atoms with E-state index in [-0.39, 0.29) is 11.8 Å². The van der Waals surface area contributed by atoms with E-state index in [4.69, 9.17) is 0 Å². The van der Waals surface area contributed by atoms with Crippen LogP contribution in [0, 0.1) is 5.92 Å². The fourth-order valence-corrected chi connectivity index (χ4v) is 3.48. The van der Waals surface area contributed by atoms with Gasteiger partial charge in [0.2, 0.25) is 0 Å². The highest BCUT2D eigenvalue weighted by Crippen LogP contribution is 2.36. The third kappa shape index (κ3) is 2.16. The van der Waals surface area contributed by atoms with Crippen LogP contribution in [-0.4, -0.2) is 40.4 Å². The largest absolute Gasteiger partial charge is 0.480 e. The quantitative estimate of drug-likeness (QED) is 0.832. The summed E-state index contributed by atoms with van der Waals surface area (Å²) in [5.74, 6) is -0.800. The van der Waals surface area contributed by atoms with Crippen LogP contribution in [0.4, 0.5) is 0 Å². The molecule has 2 bridgehead atoms. The summed E-state index contributed by atoms with van der Waals surface area (Å²) in [5.41, 5.74) is 1.21. The number of carboxylic acids is 1. The number of carbonyl (C=O) groups is 2. The van der Waals surface area contributed by atoms with Crippen molar-refractivity contribution in [3.63, 3.8) is 0 Å². The second-order valence-electron chi connectivity index (χ2n) is 5.45. The van der Waals surface area contributed by atoms with Gasteiger partial charge in [0.1, 0.15) is 0 Å². The fraction of sp³-hybridized carbons (Fsp3) is 0.467. The zero-order valence-electron chi connectivity index (χ0n) is 10.7. The second-order valence-corrected chi connectivity index (χ2v) is 5.45. The summed E-state index contributed by atoms with van der Waals surface area (Å²) in [5, 5.41) is 9.25. The first-order chi connectivity index (χ1) is 9.16. The van der Waals surface area contributed by atoms with Gasteiger partial charge in [-0.2, -0.15) is 0 Å². The highest BCUT2D eigenvalue weighted by Gasteiger charge is 2.49. The molecule has 100 valence electrons. The minimum Gasteiger partial charge on any atom is -0.480 e. The molecule has 0 saturated carbocycles. The topological polar surface area (TPSA) is 57.6 Å². The molecule has 2 fully saturated rings. The van der Waals surface area contributed by atoms with Crippen molar-refractivity contribution >= 4 is 11.8 Å². The molecule has 4 nitrogen and oxygen atoms in total. The maximum absolute atomic E-state index is 11.9. The SMILES string of the molecule is O=C(O)C1C(=O)C[C@@H]2CCN1C2Cc1ccccc1. The van der Waals surface area contributed by atoms with Gasteiger partial charge in [-0.1, -0.05) is 30.3 Å². The molecule has 4 atom stereocenters. The van der Waals surface area contributed by atoms with Gasteiger partial charge in [-0.05, 0) is 24.3 Å². The number of nitrogens with zero attached hydrogens (tertiary/aromatic N) is 1. The number of ketones is 1. The Labute approximate surface area is 112 Å². The summed E-state index contributed by atoms with van der Waals surface area (Å²) in [7, 11) is 0. The molecule has 2 aliphatic heterocycles. The molecule has 0 amide bonds. The molecule has 0 aliphatic carbocycles. The number of Topliss-reactive ketones (excluding diaryl/α,β-unsaturated/α-hetero) is 1. The van der Waals surface area contributed by atoms with Gasteiger partial charge in [0.15, 0.2) is 11.8 Å². The van der Waals surface area contributed by atoms with Gasteiger partial charge in [-0.15, -0.1) is 0 Å². The predicted molar refractivity (Wildman–Crippen MR) is 69.8 cm³/mol. The number of carboxylic acid groups (broad SMARTS) is 1. The first-order valence-electron chi connectivity index (χ1n) is 6.72. The number of rotatable bonds is 3. The van der Waals surface area contributed by atoms with E-state index in [9.17, 15) is 14.7 Å². The highest BCUT2D eigenvalue weighted by molar-refractivity contribution is 6.03. The Kier molecular flexibility index (Phi) is 3.11. The smallest absolute Gasteiger partial charge is 0.328 e. The van der Waals surface area contributed by atoms with E-state index in [1.54, 1.807) is 0 Å². The fourth-order valence-electron chi connectivity index (χ4n) is 3.48. The van der Waals surface area contributed by atoms with Crippen LogP contribution in [-0.2, 0) is 16.0 Å². The maximum atomic E-state index is 11.9. The van der Waals surface area contributed by atoms with Crippen LogP contribution >= 0.6 is 0 Å². The first kappa shape index (κ1) is 12.4. The molecule has 2 heterocycles. The maximum Gasteiger partial charge on any atom is 0.328 e. The van der Waals surface area contributed by atoms with Crippen LogP contribution < -0.4 is 0 Å². The molecule has 0 aromatic heterocycles. The van der Waals surface area contributed by atoms with Crippen LogP contribution in [0.2, 0.25) is 0 Å². The number of hydrogen-bond donors (Lipinski definition) is 1. The van der Waals surface area contributed by atoms with Crippen molar-refractivity contribution in [1.82, 2.24) is 4.90 Å². The van der Waals surface area contributed by atoms with Gasteiger partial charge in [0.25, 0.3) is 0 Å². The second kappa shape index (κ2) is 4.78. The van der Waals surface area contributed by atoms with Crippen LogP contribution in [0.3, 0.4) is 0 Å². The molecule has 1 N–H and O–H groups in total. The normalized spacial score (nSPS) is 33.4. The minimum absolute atomic E-state index is 0.126. The van der Waals surface area contributed by atoms with E-state index >= 15 is 0 Å².